The van der Waals surface area contributed by atoms with E-state index in [0.29, 0.717) is 24.5 Å². The van der Waals surface area contributed by atoms with E-state index in [1.165, 1.54) is 30.6 Å². The van der Waals surface area contributed by atoms with Crippen molar-refractivity contribution in [3.63, 3.8) is 0 Å². The van der Waals surface area contributed by atoms with Crippen LogP contribution in [0, 0.1) is 5.82 Å². The standard InChI is InChI=1S/C18H15FN6O/c19-12-3-1-11(2-4-12)18(26)22-8-7-21-16-15-13-5-6-20-9-14(13)25-17(15)24-10-23-16/h1-6,9-10H,7-8H2,(H,22,26)(H2,21,23,24,25). The molecule has 4 rings (SSSR count). The zero-order valence-electron chi connectivity index (χ0n) is 13.7. The van der Waals surface area contributed by atoms with Crippen molar-refractivity contribution in [3.05, 3.63) is 60.4 Å². The molecule has 0 bridgehead atoms. The molecule has 3 aromatic heterocycles. The number of rotatable bonds is 5. The van der Waals surface area contributed by atoms with Gasteiger partial charge in [-0.2, -0.15) is 0 Å². The Morgan fingerprint density at radius 2 is 1.96 bits per heavy atom. The Morgan fingerprint density at radius 3 is 2.81 bits per heavy atom. The molecule has 1 amide bonds. The van der Waals surface area contributed by atoms with Gasteiger partial charge in [-0.25, -0.2) is 14.4 Å². The highest BCUT2D eigenvalue weighted by Gasteiger charge is 2.11. The largest absolute Gasteiger partial charge is 0.368 e. The van der Waals surface area contributed by atoms with Crippen LogP contribution in [0.4, 0.5) is 10.2 Å². The predicted molar refractivity (Wildman–Crippen MR) is 96.4 cm³/mol. The number of hydrogen-bond donors (Lipinski definition) is 3. The molecule has 0 aliphatic carbocycles. The highest BCUT2D eigenvalue weighted by atomic mass is 19.1. The van der Waals surface area contributed by atoms with Crippen LogP contribution in [0.5, 0.6) is 0 Å². The van der Waals surface area contributed by atoms with E-state index in [1.807, 2.05) is 6.07 Å². The second-order valence-corrected chi connectivity index (χ2v) is 5.68. The normalized spacial score (nSPS) is 11.0. The Hall–Kier alpha value is -3.55. The minimum absolute atomic E-state index is 0.252. The summed E-state index contributed by atoms with van der Waals surface area (Å²) in [5.74, 6) is 0.0613. The lowest BCUT2D eigenvalue weighted by atomic mass is 10.2. The van der Waals surface area contributed by atoms with E-state index in [4.69, 9.17) is 0 Å². The quantitative estimate of drug-likeness (QED) is 0.481. The number of H-pyrrole nitrogens is 1. The van der Waals surface area contributed by atoms with Crippen molar-refractivity contribution < 1.29 is 9.18 Å². The average molecular weight is 350 g/mol. The lowest BCUT2D eigenvalue weighted by Crippen LogP contribution is -2.28. The summed E-state index contributed by atoms with van der Waals surface area (Å²) in [7, 11) is 0. The number of amides is 1. The van der Waals surface area contributed by atoms with Gasteiger partial charge in [0.1, 0.15) is 23.6 Å². The number of halogens is 1. The molecular weight excluding hydrogens is 335 g/mol. The lowest BCUT2D eigenvalue weighted by Gasteiger charge is -2.08. The number of nitrogens with one attached hydrogen (secondary N) is 3. The highest BCUT2D eigenvalue weighted by molar-refractivity contribution is 6.10. The Labute approximate surface area is 147 Å². The van der Waals surface area contributed by atoms with Gasteiger partial charge in [0.2, 0.25) is 0 Å². The molecule has 1 aromatic carbocycles. The Bertz CT molecular complexity index is 1080. The van der Waals surface area contributed by atoms with Crippen molar-refractivity contribution in [2.75, 3.05) is 18.4 Å². The van der Waals surface area contributed by atoms with Crippen LogP contribution >= 0.6 is 0 Å². The summed E-state index contributed by atoms with van der Waals surface area (Å²) < 4.78 is 12.9. The van der Waals surface area contributed by atoms with Crippen LogP contribution in [-0.2, 0) is 0 Å². The van der Waals surface area contributed by atoms with E-state index < -0.39 is 0 Å². The number of nitrogens with zero attached hydrogens (tertiary/aromatic N) is 3. The molecule has 0 atom stereocenters. The number of carbonyl (C=O) groups excluding carboxylic acids is 1. The van der Waals surface area contributed by atoms with Crippen LogP contribution in [0.3, 0.4) is 0 Å². The summed E-state index contributed by atoms with van der Waals surface area (Å²) >= 11 is 0. The van der Waals surface area contributed by atoms with Gasteiger partial charge < -0.3 is 15.6 Å². The fourth-order valence-corrected chi connectivity index (χ4v) is 2.77. The Morgan fingerprint density at radius 1 is 1.12 bits per heavy atom. The number of hydrogen-bond acceptors (Lipinski definition) is 5. The third kappa shape index (κ3) is 3.04. The zero-order chi connectivity index (χ0) is 17.9. The smallest absolute Gasteiger partial charge is 0.251 e. The first-order valence-electron chi connectivity index (χ1n) is 8.06. The molecule has 0 aliphatic rings. The fraction of sp³-hybridized carbons (Fsp3) is 0.111. The molecule has 7 nitrogen and oxygen atoms in total. The van der Waals surface area contributed by atoms with Crippen LogP contribution in [0.15, 0.2) is 49.1 Å². The van der Waals surface area contributed by atoms with Crippen LogP contribution in [0.2, 0.25) is 0 Å². The van der Waals surface area contributed by atoms with E-state index in [-0.39, 0.29) is 11.7 Å². The van der Waals surface area contributed by atoms with Gasteiger partial charge in [0.15, 0.2) is 0 Å². The van der Waals surface area contributed by atoms with Crippen molar-refractivity contribution in [2.45, 2.75) is 0 Å². The molecule has 0 radical (unpaired) electrons. The van der Waals surface area contributed by atoms with Gasteiger partial charge in [0.05, 0.1) is 17.1 Å². The maximum atomic E-state index is 12.9. The Kier molecular flexibility index (Phi) is 4.14. The van der Waals surface area contributed by atoms with Crippen molar-refractivity contribution in [1.82, 2.24) is 25.3 Å². The number of fused-ring (bicyclic) bond motifs is 3. The molecule has 130 valence electrons. The molecule has 4 aromatic rings. The molecule has 8 heteroatoms. The number of aromatic nitrogens is 4. The van der Waals surface area contributed by atoms with Gasteiger partial charge in [-0.05, 0) is 30.3 Å². The summed E-state index contributed by atoms with van der Waals surface area (Å²) in [6.07, 6.45) is 4.93. The minimum atomic E-state index is -0.370. The summed E-state index contributed by atoms with van der Waals surface area (Å²) in [5.41, 5.74) is 2.02. The number of aromatic amines is 1. The SMILES string of the molecule is O=C(NCCNc1ncnc2[nH]c3cnccc3c12)c1ccc(F)cc1. The van der Waals surface area contributed by atoms with E-state index >= 15 is 0 Å². The molecule has 0 aliphatic heterocycles. The van der Waals surface area contributed by atoms with Gasteiger partial charge in [0.25, 0.3) is 5.91 Å². The number of anilines is 1. The monoisotopic (exact) mass is 350 g/mol. The topological polar surface area (TPSA) is 95.6 Å². The molecule has 26 heavy (non-hydrogen) atoms. The first-order valence-corrected chi connectivity index (χ1v) is 8.06. The molecule has 0 unspecified atom stereocenters. The van der Waals surface area contributed by atoms with E-state index in [0.717, 1.165) is 21.9 Å². The summed E-state index contributed by atoms with van der Waals surface area (Å²) in [6, 6.07) is 7.32. The van der Waals surface area contributed by atoms with Gasteiger partial charge in [0, 0.05) is 30.2 Å². The van der Waals surface area contributed by atoms with Gasteiger partial charge in [-0.3, -0.25) is 9.78 Å². The fourth-order valence-electron chi connectivity index (χ4n) is 2.77. The van der Waals surface area contributed by atoms with Crippen LogP contribution in [-0.4, -0.2) is 38.9 Å². The van der Waals surface area contributed by atoms with Crippen molar-refractivity contribution in [3.8, 4) is 0 Å². The molecule has 0 saturated carbocycles. The maximum Gasteiger partial charge on any atom is 0.251 e. The van der Waals surface area contributed by atoms with Crippen molar-refractivity contribution in [1.29, 1.82) is 0 Å². The zero-order valence-corrected chi connectivity index (χ0v) is 13.7. The molecule has 3 heterocycles. The first-order chi connectivity index (χ1) is 12.7. The molecular formula is C18H15FN6O. The number of carbonyl (C=O) groups is 1. The molecule has 0 spiro atoms. The number of pyridine rings is 1. The van der Waals surface area contributed by atoms with Gasteiger partial charge in [-0.1, -0.05) is 0 Å². The third-order valence-corrected chi connectivity index (χ3v) is 4.00. The van der Waals surface area contributed by atoms with Crippen molar-refractivity contribution >= 4 is 33.7 Å². The van der Waals surface area contributed by atoms with Crippen molar-refractivity contribution in [2.24, 2.45) is 0 Å². The van der Waals surface area contributed by atoms with E-state index in [2.05, 4.69) is 30.6 Å². The van der Waals surface area contributed by atoms with Crippen LogP contribution < -0.4 is 10.6 Å². The molecule has 0 fully saturated rings. The molecule has 3 N–H and O–H groups in total. The third-order valence-electron chi connectivity index (χ3n) is 4.00. The summed E-state index contributed by atoms with van der Waals surface area (Å²) in [4.78, 5) is 27.9. The number of benzene rings is 1. The van der Waals surface area contributed by atoms with E-state index in [1.54, 1.807) is 12.4 Å². The lowest BCUT2D eigenvalue weighted by molar-refractivity contribution is 0.0955. The minimum Gasteiger partial charge on any atom is -0.368 e. The summed E-state index contributed by atoms with van der Waals surface area (Å²) in [5, 5.41) is 7.86. The maximum absolute atomic E-state index is 12.9. The Balaban J connectivity index is 1.43. The first kappa shape index (κ1) is 15.9. The van der Waals surface area contributed by atoms with Gasteiger partial charge >= 0.3 is 0 Å². The second-order valence-electron chi connectivity index (χ2n) is 5.68. The van der Waals surface area contributed by atoms with Crippen LogP contribution in [0.25, 0.3) is 21.9 Å². The molecule has 0 saturated heterocycles. The summed E-state index contributed by atoms with van der Waals surface area (Å²) in [6.45, 7) is 0.877. The van der Waals surface area contributed by atoms with Crippen LogP contribution in [0.1, 0.15) is 10.4 Å². The average Bonchev–Trinajstić information content (AvgIpc) is 3.05. The second kappa shape index (κ2) is 6.75. The van der Waals surface area contributed by atoms with E-state index in [9.17, 15) is 9.18 Å². The van der Waals surface area contributed by atoms with Gasteiger partial charge in [-0.15, -0.1) is 0 Å². The highest BCUT2D eigenvalue weighted by Crippen LogP contribution is 2.27. The predicted octanol–water partition coefficient (Wildman–Crippen LogP) is 2.49.